The fourth-order valence-electron chi connectivity index (χ4n) is 3.66. The minimum atomic E-state index is -0.202. The van der Waals surface area contributed by atoms with Crippen molar-refractivity contribution in [2.24, 2.45) is 5.92 Å². The SMILES string of the molecule is O=C(c1ccn(Cc2ccccc2)n1)c1cncnc1NC1CCC(CO)C1. The van der Waals surface area contributed by atoms with Crippen molar-refractivity contribution in [2.45, 2.75) is 31.8 Å². The maximum Gasteiger partial charge on any atom is 0.218 e. The summed E-state index contributed by atoms with van der Waals surface area (Å²) in [6.07, 6.45) is 7.58. The van der Waals surface area contributed by atoms with Crippen molar-refractivity contribution in [1.29, 1.82) is 0 Å². The van der Waals surface area contributed by atoms with Crippen LogP contribution >= 0.6 is 0 Å². The lowest BCUT2D eigenvalue weighted by atomic mass is 10.1. The van der Waals surface area contributed by atoms with E-state index in [2.05, 4.69) is 20.4 Å². The molecule has 1 aliphatic rings. The smallest absolute Gasteiger partial charge is 0.218 e. The second kappa shape index (κ2) is 8.31. The number of aliphatic hydroxyl groups is 1. The number of benzene rings is 1. The Hall–Kier alpha value is -3.06. The summed E-state index contributed by atoms with van der Waals surface area (Å²) in [7, 11) is 0. The van der Waals surface area contributed by atoms with E-state index in [1.807, 2.05) is 30.3 Å². The number of carbonyl (C=O) groups is 1. The molecule has 144 valence electrons. The Labute approximate surface area is 163 Å². The summed E-state index contributed by atoms with van der Waals surface area (Å²) >= 11 is 0. The van der Waals surface area contributed by atoms with Gasteiger partial charge in [-0.3, -0.25) is 9.48 Å². The fourth-order valence-corrected chi connectivity index (χ4v) is 3.66. The van der Waals surface area contributed by atoms with Gasteiger partial charge in [0, 0.05) is 25.0 Å². The molecule has 0 spiro atoms. The highest BCUT2D eigenvalue weighted by Gasteiger charge is 2.26. The Balaban J connectivity index is 1.49. The van der Waals surface area contributed by atoms with Crippen molar-refractivity contribution in [1.82, 2.24) is 19.7 Å². The third-order valence-electron chi connectivity index (χ3n) is 5.16. The van der Waals surface area contributed by atoms with Crippen LogP contribution in [0.25, 0.3) is 0 Å². The van der Waals surface area contributed by atoms with Gasteiger partial charge in [0.15, 0.2) is 0 Å². The van der Waals surface area contributed by atoms with Gasteiger partial charge < -0.3 is 10.4 Å². The fraction of sp³-hybridized carbons (Fsp3) is 0.333. The Morgan fingerprint density at radius 2 is 2.07 bits per heavy atom. The predicted molar refractivity (Wildman–Crippen MR) is 105 cm³/mol. The van der Waals surface area contributed by atoms with E-state index < -0.39 is 0 Å². The second-order valence-electron chi connectivity index (χ2n) is 7.20. The van der Waals surface area contributed by atoms with E-state index in [-0.39, 0.29) is 18.4 Å². The van der Waals surface area contributed by atoms with Crippen LogP contribution in [0, 0.1) is 5.92 Å². The van der Waals surface area contributed by atoms with Crippen LogP contribution in [0.3, 0.4) is 0 Å². The highest BCUT2D eigenvalue weighted by atomic mass is 16.3. The lowest BCUT2D eigenvalue weighted by Gasteiger charge is -2.15. The molecule has 1 fully saturated rings. The molecule has 1 aromatic carbocycles. The van der Waals surface area contributed by atoms with Gasteiger partial charge in [-0.2, -0.15) is 5.10 Å². The highest BCUT2D eigenvalue weighted by molar-refractivity contribution is 6.10. The molecule has 2 atom stereocenters. The number of hydrogen-bond acceptors (Lipinski definition) is 6. The Kier molecular flexibility index (Phi) is 5.43. The summed E-state index contributed by atoms with van der Waals surface area (Å²) in [6, 6.07) is 11.9. The molecule has 2 aromatic heterocycles. The van der Waals surface area contributed by atoms with E-state index in [0.29, 0.717) is 29.5 Å². The van der Waals surface area contributed by atoms with Crippen LogP contribution in [-0.2, 0) is 6.54 Å². The van der Waals surface area contributed by atoms with Crippen molar-refractivity contribution in [3.05, 3.63) is 71.9 Å². The molecule has 2 heterocycles. The van der Waals surface area contributed by atoms with Crippen LogP contribution in [-0.4, -0.2) is 43.3 Å². The van der Waals surface area contributed by atoms with Crippen molar-refractivity contribution in [3.63, 3.8) is 0 Å². The summed E-state index contributed by atoms with van der Waals surface area (Å²) < 4.78 is 1.75. The van der Waals surface area contributed by atoms with Crippen molar-refractivity contribution >= 4 is 11.6 Å². The average Bonchev–Trinajstić information content (AvgIpc) is 3.38. The number of aliphatic hydroxyl groups excluding tert-OH is 1. The van der Waals surface area contributed by atoms with Crippen molar-refractivity contribution < 1.29 is 9.90 Å². The molecule has 2 unspecified atom stereocenters. The predicted octanol–water partition coefficient (Wildman–Crippen LogP) is 2.53. The van der Waals surface area contributed by atoms with E-state index in [4.69, 9.17) is 0 Å². The maximum atomic E-state index is 13.0. The first kappa shape index (κ1) is 18.3. The number of nitrogens with one attached hydrogen (secondary N) is 1. The molecule has 4 rings (SSSR count). The topological polar surface area (TPSA) is 92.9 Å². The molecule has 1 saturated carbocycles. The summed E-state index contributed by atoms with van der Waals surface area (Å²) in [5, 5.41) is 17.1. The summed E-state index contributed by atoms with van der Waals surface area (Å²) in [5.74, 6) is 0.639. The molecule has 28 heavy (non-hydrogen) atoms. The molecule has 0 aliphatic heterocycles. The van der Waals surface area contributed by atoms with E-state index in [9.17, 15) is 9.90 Å². The molecular formula is C21H23N5O2. The number of anilines is 1. The standard InChI is InChI=1S/C21H23N5O2/c27-13-16-6-7-17(10-16)24-21-18(11-22-14-23-21)20(28)19-8-9-26(25-19)12-15-4-2-1-3-5-15/h1-5,8-9,11,14,16-17,27H,6-7,10,12-13H2,(H,22,23,24). The van der Waals surface area contributed by atoms with Gasteiger partial charge in [-0.15, -0.1) is 0 Å². The zero-order valence-electron chi connectivity index (χ0n) is 15.5. The molecule has 2 N–H and O–H groups in total. The van der Waals surface area contributed by atoms with E-state index in [1.165, 1.54) is 12.5 Å². The Morgan fingerprint density at radius 3 is 2.86 bits per heavy atom. The average molecular weight is 377 g/mol. The molecular weight excluding hydrogens is 354 g/mol. The van der Waals surface area contributed by atoms with E-state index in [0.717, 1.165) is 24.8 Å². The quantitative estimate of drug-likeness (QED) is 0.615. The van der Waals surface area contributed by atoms with E-state index in [1.54, 1.807) is 16.9 Å². The van der Waals surface area contributed by atoms with Crippen molar-refractivity contribution in [3.8, 4) is 0 Å². The van der Waals surface area contributed by atoms with Gasteiger partial charge >= 0.3 is 0 Å². The number of aromatic nitrogens is 4. The van der Waals surface area contributed by atoms with Gasteiger partial charge in [0.05, 0.1) is 12.1 Å². The first-order valence-corrected chi connectivity index (χ1v) is 9.52. The molecule has 7 nitrogen and oxygen atoms in total. The minimum absolute atomic E-state index is 0.201. The first-order valence-electron chi connectivity index (χ1n) is 9.52. The van der Waals surface area contributed by atoms with Crippen LogP contribution < -0.4 is 5.32 Å². The Morgan fingerprint density at radius 1 is 1.21 bits per heavy atom. The third-order valence-corrected chi connectivity index (χ3v) is 5.16. The number of ketones is 1. The minimum Gasteiger partial charge on any atom is -0.396 e. The van der Waals surface area contributed by atoms with Crippen LogP contribution in [0.2, 0.25) is 0 Å². The van der Waals surface area contributed by atoms with Crippen molar-refractivity contribution in [2.75, 3.05) is 11.9 Å². The number of nitrogens with zero attached hydrogens (tertiary/aromatic N) is 4. The third kappa shape index (κ3) is 4.09. The summed E-state index contributed by atoms with van der Waals surface area (Å²) in [5.41, 5.74) is 1.91. The molecule has 0 radical (unpaired) electrons. The number of carbonyl (C=O) groups excluding carboxylic acids is 1. The normalized spacial score (nSPS) is 18.9. The van der Waals surface area contributed by atoms with Gasteiger partial charge in [0.25, 0.3) is 0 Å². The van der Waals surface area contributed by atoms with Crippen LogP contribution in [0.5, 0.6) is 0 Å². The maximum absolute atomic E-state index is 13.0. The van der Waals surface area contributed by atoms with Gasteiger partial charge in [-0.25, -0.2) is 9.97 Å². The van der Waals surface area contributed by atoms with E-state index >= 15 is 0 Å². The largest absolute Gasteiger partial charge is 0.396 e. The number of rotatable bonds is 7. The summed E-state index contributed by atoms with van der Waals surface area (Å²) in [4.78, 5) is 21.3. The van der Waals surface area contributed by atoms with Crippen LogP contribution in [0.15, 0.2) is 55.1 Å². The van der Waals surface area contributed by atoms with Gasteiger partial charge in [0.1, 0.15) is 17.8 Å². The summed E-state index contributed by atoms with van der Waals surface area (Å²) in [6.45, 7) is 0.807. The van der Waals surface area contributed by atoms with Crippen LogP contribution in [0.4, 0.5) is 5.82 Å². The lowest BCUT2D eigenvalue weighted by molar-refractivity contribution is 0.103. The first-order chi connectivity index (χ1) is 13.7. The Bertz CT molecular complexity index is 941. The monoisotopic (exact) mass is 377 g/mol. The zero-order chi connectivity index (χ0) is 19.3. The second-order valence-corrected chi connectivity index (χ2v) is 7.20. The van der Waals surface area contributed by atoms with Gasteiger partial charge in [-0.05, 0) is 36.8 Å². The lowest BCUT2D eigenvalue weighted by Crippen LogP contribution is -2.20. The van der Waals surface area contributed by atoms with Gasteiger partial charge in [0.2, 0.25) is 5.78 Å². The molecule has 1 aliphatic carbocycles. The number of hydrogen-bond donors (Lipinski definition) is 2. The molecule has 0 saturated heterocycles. The molecule has 0 amide bonds. The van der Waals surface area contributed by atoms with Gasteiger partial charge in [-0.1, -0.05) is 30.3 Å². The zero-order valence-corrected chi connectivity index (χ0v) is 15.5. The molecule has 3 aromatic rings. The molecule has 0 bridgehead atoms. The van der Waals surface area contributed by atoms with Crippen LogP contribution in [0.1, 0.15) is 40.9 Å². The highest BCUT2D eigenvalue weighted by Crippen LogP contribution is 2.28. The molecule has 7 heteroatoms.